The van der Waals surface area contributed by atoms with E-state index in [0.29, 0.717) is 0 Å². The number of hydrogen-bond acceptors (Lipinski definition) is 4. The van der Waals surface area contributed by atoms with Crippen LogP contribution in [0.3, 0.4) is 0 Å². The third-order valence-corrected chi connectivity index (χ3v) is 3.29. The number of rotatable bonds is 7. The summed E-state index contributed by atoms with van der Waals surface area (Å²) in [5.41, 5.74) is 0.412. The molecule has 0 saturated carbocycles. The predicted molar refractivity (Wildman–Crippen MR) is 80.9 cm³/mol. The number of aliphatic hydroxyl groups is 2. The highest BCUT2D eigenvalue weighted by molar-refractivity contribution is 5.78. The van der Waals surface area contributed by atoms with Crippen LogP contribution in [0.5, 0.6) is 5.75 Å². The highest BCUT2D eigenvalue weighted by Gasteiger charge is 2.21. The lowest BCUT2D eigenvalue weighted by atomic mass is 10.1. The Bertz CT molecular complexity index is 484. The molecular weight excluding hydrogens is 289 g/mol. The van der Waals surface area contributed by atoms with Gasteiger partial charge >= 0.3 is 0 Å². The van der Waals surface area contributed by atoms with Crippen LogP contribution < -0.4 is 4.74 Å². The minimum absolute atomic E-state index is 0.0268. The van der Waals surface area contributed by atoms with E-state index in [9.17, 15) is 19.4 Å². The predicted octanol–water partition coefficient (Wildman–Crippen LogP) is 1.83. The first-order valence-electron chi connectivity index (χ1n) is 7.28. The lowest BCUT2D eigenvalue weighted by Crippen LogP contribution is -2.44. The van der Waals surface area contributed by atoms with Gasteiger partial charge in [0.15, 0.2) is 6.61 Å². The van der Waals surface area contributed by atoms with E-state index in [2.05, 4.69) is 0 Å². The monoisotopic (exact) mass is 313 g/mol. The second kappa shape index (κ2) is 8.10. The van der Waals surface area contributed by atoms with Gasteiger partial charge < -0.3 is 19.8 Å². The number of benzene rings is 1. The first-order valence-corrected chi connectivity index (χ1v) is 7.28. The molecule has 0 saturated heterocycles. The SMILES string of the molecule is CC(C)N(C(=O)COc1c(CO)cc(F)cc1CO)C(C)C. The van der Waals surface area contributed by atoms with E-state index in [-0.39, 0.29) is 41.5 Å². The van der Waals surface area contributed by atoms with E-state index < -0.39 is 19.0 Å². The van der Waals surface area contributed by atoms with Gasteiger partial charge in [0.2, 0.25) is 0 Å². The fraction of sp³-hybridized carbons (Fsp3) is 0.562. The molecule has 1 aromatic rings. The quantitative estimate of drug-likeness (QED) is 0.806. The van der Waals surface area contributed by atoms with Crippen molar-refractivity contribution in [2.45, 2.75) is 53.0 Å². The van der Waals surface area contributed by atoms with Crippen LogP contribution in [0, 0.1) is 5.82 Å². The van der Waals surface area contributed by atoms with Gasteiger partial charge in [0, 0.05) is 23.2 Å². The number of ether oxygens (including phenoxy) is 1. The Morgan fingerprint density at radius 1 is 1.14 bits per heavy atom. The molecule has 0 aromatic heterocycles. The van der Waals surface area contributed by atoms with Crippen molar-refractivity contribution in [2.75, 3.05) is 6.61 Å². The lowest BCUT2D eigenvalue weighted by Gasteiger charge is -2.30. The van der Waals surface area contributed by atoms with Crippen molar-refractivity contribution in [1.29, 1.82) is 0 Å². The summed E-state index contributed by atoms with van der Waals surface area (Å²) < 4.78 is 18.8. The maximum absolute atomic E-state index is 13.4. The molecule has 1 rings (SSSR count). The second-order valence-corrected chi connectivity index (χ2v) is 5.65. The number of nitrogens with zero attached hydrogens (tertiary/aromatic N) is 1. The maximum Gasteiger partial charge on any atom is 0.260 e. The van der Waals surface area contributed by atoms with Crippen molar-refractivity contribution in [1.82, 2.24) is 4.90 Å². The summed E-state index contributed by atoms with van der Waals surface area (Å²) in [5, 5.41) is 18.6. The molecule has 0 aliphatic heterocycles. The normalized spacial score (nSPS) is 11.1. The van der Waals surface area contributed by atoms with Crippen molar-refractivity contribution in [3.63, 3.8) is 0 Å². The molecule has 124 valence electrons. The van der Waals surface area contributed by atoms with Crippen LogP contribution in [-0.2, 0) is 18.0 Å². The van der Waals surface area contributed by atoms with Crippen LogP contribution in [0.2, 0.25) is 0 Å². The number of carbonyl (C=O) groups is 1. The molecule has 1 aromatic carbocycles. The molecule has 0 atom stereocenters. The molecule has 6 heteroatoms. The first-order chi connectivity index (χ1) is 10.3. The summed E-state index contributed by atoms with van der Waals surface area (Å²) in [5.74, 6) is -0.618. The second-order valence-electron chi connectivity index (χ2n) is 5.65. The van der Waals surface area contributed by atoms with Gasteiger partial charge in [-0.05, 0) is 39.8 Å². The Hall–Kier alpha value is -1.66. The van der Waals surface area contributed by atoms with Crippen LogP contribution in [0.4, 0.5) is 4.39 Å². The van der Waals surface area contributed by atoms with E-state index in [1.54, 1.807) is 4.90 Å². The summed E-state index contributed by atoms with van der Waals surface area (Å²) in [6.07, 6.45) is 0. The minimum atomic E-state index is -0.572. The molecule has 0 aliphatic rings. The summed E-state index contributed by atoms with van der Waals surface area (Å²) in [4.78, 5) is 13.9. The van der Waals surface area contributed by atoms with Crippen LogP contribution >= 0.6 is 0 Å². The summed E-state index contributed by atoms with van der Waals surface area (Å²) in [6.45, 7) is 6.53. The summed E-state index contributed by atoms with van der Waals surface area (Å²) >= 11 is 0. The highest BCUT2D eigenvalue weighted by atomic mass is 19.1. The number of halogens is 1. The van der Waals surface area contributed by atoms with E-state index in [0.717, 1.165) is 12.1 Å². The maximum atomic E-state index is 13.4. The highest BCUT2D eigenvalue weighted by Crippen LogP contribution is 2.26. The molecule has 22 heavy (non-hydrogen) atoms. The Balaban J connectivity index is 2.94. The van der Waals surface area contributed by atoms with Crippen LogP contribution in [-0.4, -0.2) is 39.7 Å². The Labute approximate surface area is 130 Å². The zero-order valence-corrected chi connectivity index (χ0v) is 13.5. The van der Waals surface area contributed by atoms with Crippen molar-refractivity contribution in [3.05, 3.63) is 29.1 Å². The largest absolute Gasteiger partial charge is 0.483 e. The van der Waals surface area contributed by atoms with Crippen LogP contribution in [0.15, 0.2) is 12.1 Å². The van der Waals surface area contributed by atoms with Gasteiger partial charge in [-0.1, -0.05) is 0 Å². The van der Waals surface area contributed by atoms with Crippen molar-refractivity contribution >= 4 is 5.91 Å². The molecule has 2 N–H and O–H groups in total. The van der Waals surface area contributed by atoms with E-state index >= 15 is 0 Å². The van der Waals surface area contributed by atoms with Crippen molar-refractivity contribution in [3.8, 4) is 5.75 Å². The zero-order chi connectivity index (χ0) is 16.9. The third-order valence-electron chi connectivity index (χ3n) is 3.29. The molecule has 0 fully saturated rings. The van der Waals surface area contributed by atoms with E-state index in [1.165, 1.54) is 0 Å². The number of amides is 1. The first kappa shape index (κ1) is 18.4. The van der Waals surface area contributed by atoms with Gasteiger partial charge in [0.1, 0.15) is 11.6 Å². The number of carbonyl (C=O) groups excluding carboxylic acids is 1. The third kappa shape index (κ3) is 4.42. The molecule has 1 amide bonds. The van der Waals surface area contributed by atoms with Crippen LogP contribution in [0.1, 0.15) is 38.8 Å². The topological polar surface area (TPSA) is 70.0 Å². The van der Waals surface area contributed by atoms with Gasteiger partial charge in [-0.25, -0.2) is 4.39 Å². The standard InChI is InChI=1S/C16H24FNO4/c1-10(2)18(11(3)4)15(21)9-22-16-12(7-19)5-14(17)6-13(16)8-20/h5-6,10-11,19-20H,7-9H2,1-4H3. The Morgan fingerprint density at radius 3 is 1.95 bits per heavy atom. The average Bonchev–Trinajstić information content (AvgIpc) is 2.43. The van der Waals surface area contributed by atoms with E-state index in [4.69, 9.17) is 4.74 Å². The minimum Gasteiger partial charge on any atom is -0.483 e. The molecule has 0 heterocycles. The van der Waals surface area contributed by atoms with Gasteiger partial charge in [-0.3, -0.25) is 4.79 Å². The van der Waals surface area contributed by atoms with Gasteiger partial charge in [0.25, 0.3) is 5.91 Å². The fourth-order valence-corrected chi connectivity index (χ4v) is 2.51. The number of hydrogen-bond donors (Lipinski definition) is 2. The molecule has 0 bridgehead atoms. The molecule has 0 radical (unpaired) electrons. The van der Waals surface area contributed by atoms with E-state index in [1.807, 2.05) is 27.7 Å². The summed E-state index contributed by atoms with van der Waals surface area (Å²) in [6, 6.07) is 2.31. The zero-order valence-electron chi connectivity index (χ0n) is 13.5. The van der Waals surface area contributed by atoms with Crippen molar-refractivity contribution < 1.29 is 24.1 Å². The molecular formula is C16H24FNO4. The Kier molecular flexibility index (Phi) is 6.77. The average molecular weight is 313 g/mol. The number of aliphatic hydroxyl groups excluding tert-OH is 2. The molecule has 0 spiro atoms. The van der Waals surface area contributed by atoms with Gasteiger partial charge in [0.05, 0.1) is 13.2 Å². The van der Waals surface area contributed by atoms with Gasteiger partial charge in [-0.15, -0.1) is 0 Å². The smallest absolute Gasteiger partial charge is 0.260 e. The Morgan fingerprint density at radius 2 is 1.59 bits per heavy atom. The molecule has 0 aliphatic carbocycles. The van der Waals surface area contributed by atoms with Crippen LogP contribution in [0.25, 0.3) is 0 Å². The summed E-state index contributed by atoms with van der Waals surface area (Å²) in [7, 11) is 0. The molecule has 5 nitrogen and oxygen atoms in total. The molecule has 0 unspecified atom stereocenters. The fourth-order valence-electron chi connectivity index (χ4n) is 2.51. The van der Waals surface area contributed by atoms with Crippen molar-refractivity contribution in [2.24, 2.45) is 0 Å². The lowest BCUT2D eigenvalue weighted by molar-refractivity contribution is -0.137. The van der Waals surface area contributed by atoms with Gasteiger partial charge in [-0.2, -0.15) is 0 Å².